The molecule has 0 aliphatic rings. The molecule has 35 heavy (non-hydrogen) atoms. The SMILES string of the molecule is CCCCC/C=C\C/C=C\CCCCCCCCCCCC(=O)OC(CCCC)CCCC(=O)O. The minimum Gasteiger partial charge on any atom is -0.481 e. The first-order chi connectivity index (χ1) is 17.1. The summed E-state index contributed by atoms with van der Waals surface area (Å²) in [5.41, 5.74) is 0. The summed E-state index contributed by atoms with van der Waals surface area (Å²) < 4.78 is 5.63. The largest absolute Gasteiger partial charge is 0.481 e. The fourth-order valence-electron chi connectivity index (χ4n) is 4.21. The Morgan fingerprint density at radius 1 is 0.629 bits per heavy atom. The molecule has 0 bridgehead atoms. The fraction of sp³-hybridized carbons (Fsp3) is 0.806. The molecule has 0 aromatic rings. The maximum Gasteiger partial charge on any atom is 0.306 e. The summed E-state index contributed by atoms with van der Waals surface area (Å²) in [6.07, 6.45) is 32.4. The molecular weight excluding hydrogens is 436 g/mol. The molecule has 0 aliphatic heterocycles. The Morgan fingerprint density at radius 3 is 1.71 bits per heavy atom. The quantitative estimate of drug-likeness (QED) is 0.0741. The van der Waals surface area contributed by atoms with Crippen LogP contribution in [-0.2, 0) is 14.3 Å². The van der Waals surface area contributed by atoms with E-state index in [0.717, 1.165) is 38.5 Å². The first-order valence-electron chi connectivity index (χ1n) is 14.8. The third-order valence-electron chi connectivity index (χ3n) is 6.43. The van der Waals surface area contributed by atoms with E-state index in [0.29, 0.717) is 19.3 Å². The maximum atomic E-state index is 12.1. The first kappa shape index (κ1) is 33.4. The Balaban J connectivity index is 3.54. The van der Waals surface area contributed by atoms with Crippen molar-refractivity contribution < 1.29 is 19.4 Å². The van der Waals surface area contributed by atoms with E-state index < -0.39 is 5.97 Å². The second kappa shape index (κ2) is 27.0. The average molecular weight is 493 g/mol. The van der Waals surface area contributed by atoms with Crippen molar-refractivity contribution in [3.8, 4) is 0 Å². The molecule has 0 rings (SSSR count). The molecule has 0 amide bonds. The van der Waals surface area contributed by atoms with Crippen LogP contribution >= 0.6 is 0 Å². The fourth-order valence-corrected chi connectivity index (χ4v) is 4.21. The zero-order valence-corrected chi connectivity index (χ0v) is 23.1. The van der Waals surface area contributed by atoms with Crippen LogP contribution in [-0.4, -0.2) is 23.1 Å². The van der Waals surface area contributed by atoms with E-state index in [1.165, 1.54) is 77.0 Å². The molecule has 0 saturated carbocycles. The number of aliphatic carboxylic acids is 1. The zero-order chi connectivity index (χ0) is 25.8. The summed E-state index contributed by atoms with van der Waals surface area (Å²) in [5, 5.41) is 8.80. The van der Waals surface area contributed by atoms with Gasteiger partial charge in [0.15, 0.2) is 0 Å². The Morgan fingerprint density at radius 2 is 1.14 bits per heavy atom. The average Bonchev–Trinajstić information content (AvgIpc) is 2.83. The molecule has 1 unspecified atom stereocenters. The van der Waals surface area contributed by atoms with Gasteiger partial charge < -0.3 is 9.84 Å². The van der Waals surface area contributed by atoms with Gasteiger partial charge in [0, 0.05) is 12.8 Å². The highest BCUT2D eigenvalue weighted by Gasteiger charge is 2.14. The monoisotopic (exact) mass is 492 g/mol. The smallest absolute Gasteiger partial charge is 0.306 e. The van der Waals surface area contributed by atoms with Gasteiger partial charge in [0.05, 0.1) is 0 Å². The Labute approximate surface area is 217 Å². The molecule has 0 spiro atoms. The van der Waals surface area contributed by atoms with Crippen molar-refractivity contribution in [2.24, 2.45) is 0 Å². The van der Waals surface area contributed by atoms with E-state index in [9.17, 15) is 9.59 Å². The van der Waals surface area contributed by atoms with Crippen molar-refractivity contribution in [1.82, 2.24) is 0 Å². The number of hydrogen-bond donors (Lipinski definition) is 1. The number of carboxylic acids is 1. The molecule has 1 atom stereocenters. The van der Waals surface area contributed by atoms with E-state index in [2.05, 4.69) is 38.2 Å². The van der Waals surface area contributed by atoms with Crippen LogP contribution in [0.3, 0.4) is 0 Å². The van der Waals surface area contributed by atoms with Crippen molar-refractivity contribution in [3.05, 3.63) is 24.3 Å². The molecule has 0 radical (unpaired) electrons. The highest BCUT2D eigenvalue weighted by Crippen LogP contribution is 2.16. The van der Waals surface area contributed by atoms with Crippen LogP contribution in [0.2, 0.25) is 0 Å². The molecule has 1 N–H and O–H groups in total. The zero-order valence-electron chi connectivity index (χ0n) is 23.1. The van der Waals surface area contributed by atoms with Gasteiger partial charge in [-0.2, -0.15) is 0 Å². The van der Waals surface area contributed by atoms with Gasteiger partial charge in [0.2, 0.25) is 0 Å². The van der Waals surface area contributed by atoms with Gasteiger partial charge in [-0.3, -0.25) is 9.59 Å². The normalized spacial score (nSPS) is 12.5. The second-order valence-corrected chi connectivity index (χ2v) is 9.94. The number of ether oxygens (including phenoxy) is 1. The number of carboxylic acid groups (broad SMARTS) is 1. The number of allylic oxidation sites excluding steroid dienone is 4. The third-order valence-corrected chi connectivity index (χ3v) is 6.43. The predicted molar refractivity (Wildman–Crippen MR) is 149 cm³/mol. The number of esters is 1. The van der Waals surface area contributed by atoms with Crippen LogP contribution in [0.4, 0.5) is 0 Å². The van der Waals surface area contributed by atoms with E-state index in [4.69, 9.17) is 9.84 Å². The minimum absolute atomic E-state index is 0.113. The summed E-state index contributed by atoms with van der Waals surface area (Å²) >= 11 is 0. The molecule has 0 aliphatic carbocycles. The summed E-state index contributed by atoms with van der Waals surface area (Å²) in [7, 11) is 0. The molecule has 4 heteroatoms. The van der Waals surface area contributed by atoms with E-state index in [1.807, 2.05) is 0 Å². The van der Waals surface area contributed by atoms with Crippen LogP contribution in [0.5, 0.6) is 0 Å². The summed E-state index contributed by atoms with van der Waals surface area (Å²) in [4.78, 5) is 22.9. The number of unbranched alkanes of at least 4 members (excludes halogenated alkanes) is 13. The van der Waals surface area contributed by atoms with E-state index in [1.54, 1.807) is 0 Å². The molecule has 0 aromatic heterocycles. The highest BCUT2D eigenvalue weighted by molar-refractivity contribution is 5.69. The van der Waals surface area contributed by atoms with Crippen molar-refractivity contribution >= 4 is 11.9 Å². The van der Waals surface area contributed by atoms with Crippen LogP contribution in [0.25, 0.3) is 0 Å². The Kier molecular flexibility index (Phi) is 25.8. The molecule has 0 heterocycles. The molecule has 0 fully saturated rings. The van der Waals surface area contributed by atoms with Crippen molar-refractivity contribution in [2.75, 3.05) is 0 Å². The van der Waals surface area contributed by atoms with Gasteiger partial charge in [0.1, 0.15) is 6.10 Å². The standard InChI is InChI=1S/C31H56O4/c1-3-5-7-8-9-10-11-12-13-14-15-16-17-18-19-20-21-22-23-28-31(34)35-29(25-6-4-2)26-24-27-30(32)33/h9-10,12-13,29H,3-8,11,14-28H2,1-2H3,(H,32,33)/b10-9-,13-12-. The van der Waals surface area contributed by atoms with Crippen LogP contribution in [0.1, 0.15) is 155 Å². The molecule has 204 valence electrons. The second-order valence-electron chi connectivity index (χ2n) is 9.94. The number of hydrogen-bond acceptors (Lipinski definition) is 3. The van der Waals surface area contributed by atoms with Gasteiger partial charge in [0.25, 0.3) is 0 Å². The lowest BCUT2D eigenvalue weighted by Crippen LogP contribution is -2.18. The summed E-state index contributed by atoms with van der Waals surface area (Å²) in [5.74, 6) is -0.895. The first-order valence-corrected chi connectivity index (χ1v) is 14.8. The number of carbonyl (C=O) groups is 2. The predicted octanol–water partition coefficient (Wildman–Crippen LogP) is 9.72. The van der Waals surface area contributed by atoms with Crippen LogP contribution in [0, 0.1) is 0 Å². The number of carbonyl (C=O) groups excluding carboxylic acids is 1. The molecule has 0 aromatic carbocycles. The van der Waals surface area contributed by atoms with Crippen molar-refractivity contribution in [2.45, 2.75) is 161 Å². The Bertz CT molecular complexity index is 538. The summed E-state index contributed by atoms with van der Waals surface area (Å²) in [6, 6.07) is 0. The van der Waals surface area contributed by atoms with Crippen molar-refractivity contribution in [3.63, 3.8) is 0 Å². The minimum atomic E-state index is -0.783. The van der Waals surface area contributed by atoms with Crippen LogP contribution in [0.15, 0.2) is 24.3 Å². The van der Waals surface area contributed by atoms with E-state index in [-0.39, 0.29) is 18.5 Å². The van der Waals surface area contributed by atoms with E-state index >= 15 is 0 Å². The maximum absolute atomic E-state index is 12.1. The number of rotatable bonds is 26. The molecule has 4 nitrogen and oxygen atoms in total. The topological polar surface area (TPSA) is 63.6 Å². The van der Waals surface area contributed by atoms with Gasteiger partial charge in [-0.05, 0) is 57.8 Å². The third kappa shape index (κ3) is 26.9. The lowest BCUT2D eigenvalue weighted by molar-refractivity contribution is -0.150. The van der Waals surface area contributed by atoms with Gasteiger partial charge in [-0.1, -0.05) is 109 Å². The lowest BCUT2D eigenvalue weighted by Gasteiger charge is -2.17. The van der Waals surface area contributed by atoms with Gasteiger partial charge in [-0.15, -0.1) is 0 Å². The molecular formula is C31H56O4. The van der Waals surface area contributed by atoms with Gasteiger partial charge >= 0.3 is 11.9 Å². The molecule has 0 saturated heterocycles. The lowest BCUT2D eigenvalue weighted by atomic mass is 10.0. The van der Waals surface area contributed by atoms with Crippen molar-refractivity contribution in [1.29, 1.82) is 0 Å². The highest BCUT2D eigenvalue weighted by atomic mass is 16.5. The summed E-state index contributed by atoms with van der Waals surface area (Å²) in [6.45, 7) is 4.36. The van der Waals surface area contributed by atoms with Gasteiger partial charge in [-0.25, -0.2) is 0 Å². The van der Waals surface area contributed by atoms with Crippen LogP contribution < -0.4 is 0 Å². The Hall–Kier alpha value is -1.58.